The maximum absolute atomic E-state index is 12.9. The highest BCUT2D eigenvalue weighted by molar-refractivity contribution is 5.84. The lowest BCUT2D eigenvalue weighted by Gasteiger charge is -2.25. The van der Waals surface area contributed by atoms with Crippen molar-refractivity contribution in [2.75, 3.05) is 19.8 Å². The summed E-state index contributed by atoms with van der Waals surface area (Å²) in [6, 6.07) is 8.35. The zero-order chi connectivity index (χ0) is 15.2. The van der Waals surface area contributed by atoms with Gasteiger partial charge in [-0.05, 0) is 31.4 Å². The van der Waals surface area contributed by atoms with Crippen LogP contribution < -0.4 is 0 Å². The van der Waals surface area contributed by atoms with Crippen LogP contribution in [0.4, 0.5) is 4.39 Å². The largest absolute Gasteiger partial charge is 0.358 e. The van der Waals surface area contributed by atoms with Gasteiger partial charge in [-0.2, -0.15) is 0 Å². The molecule has 0 aliphatic heterocycles. The van der Waals surface area contributed by atoms with Crippen LogP contribution in [0.5, 0.6) is 0 Å². The standard InChI is InChI=1S/C18H25FN2/c1-4-11-21(14(3)13-19)12-10-16-15-8-6-7-9-18(15)20-17(16)5-2/h4,6-9,14,20H,1,5,10-13H2,2-3H3. The molecule has 2 aromatic rings. The number of nitrogens with one attached hydrogen (secondary N) is 1. The van der Waals surface area contributed by atoms with Gasteiger partial charge in [0.15, 0.2) is 0 Å². The van der Waals surface area contributed by atoms with Crippen molar-refractivity contribution in [3.05, 3.63) is 48.2 Å². The topological polar surface area (TPSA) is 19.0 Å². The first-order valence-corrected chi connectivity index (χ1v) is 7.70. The number of hydrogen-bond donors (Lipinski definition) is 1. The fraction of sp³-hybridized carbons (Fsp3) is 0.444. The molecule has 2 rings (SSSR count). The van der Waals surface area contributed by atoms with Gasteiger partial charge in [0.1, 0.15) is 6.67 Å². The molecule has 0 radical (unpaired) electrons. The van der Waals surface area contributed by atoms with Gasteiger partial charge in [-0.3, -0.25) is 4.90 Å². The number of alkyl halides is 1. The van der Waals surface area contributed by atoms with Gasteiger partial charge in [-0.15, -0.1) is 6.58 Å². The van der Waals surface area contributed by atoms with Crippen LogP contribution in [0.2, 0.25) is 0 Å². The molecule has 1 atom stereocenters. The maximum atomic E-state index is 12.9. The normalized spacial score (nSPS) is 13.0. The summed E-state index contributed by atoms with van der Waals surface area (Å²) >= 11 is 0. The van der Waals surface area contributed by atoms with Gasteiger partial charge in [0.2, 0.25) is 0 Å². The molecule has 0 aliphatic carbocycles. The minimum atomic E-state index is -0.317. The fourth-order valence-electron chi connectivity index (χ4n) is 2.85. The van der Waals surface area contributed by atoms with Gasteiger partial charge >= 0.3 is 0 Å². The maximum Gasteiger partial charge on any atom is 0.105 e. The second-order valence-electron chi connectivity index (χ2n) is 5.52. The van der Waals surface area contributed by atoms with E-state index < -0.39 is 0 Å². The van der Waals surface area contributed by atoms with Crippen LogP contribution in [-0.4, -0.2) is 35.7 Å². The third-order valence-electron chi connectivity index (χ3n) is 4.11. The molecular formula is C18H25FN2. The number of H-pyrrole nitrogens is 1. The van der Waals surface area contributed by atoms with E-state index in [0.717, 1.165) is 25.9 Å². The SMILES string of the molecule is C=CCN(CCc1c(CC)[nH]c2ccccc12)C(C)CF. The molecule has 0 aliphatic rings. The summed E-state index contributed by atoms with van der Waals surface area (Å²) in [7, 11) is 0. The Balaban J connectivity index is 2.20. The van der Waals surface area contributed by atoms with Crippen molar-refractivity contribution in [1.29, 1.82) is 0 Å². The number of hydrogen-bond acceptors (Lipinski definition) is 1. The molecule has 1 heterocycles. The minimum absolute atomic E-state index is 0.0571. The average molecular weight is 288 g/mol. The molecule has 1 aromatic heterocycles. The Bertz CT molecular complexity index is 588. The van der Waals surface area contributed by atoms with Crippen LogP contribution in [-0.2, 0) is 12.8 Å². The van der Waals surface area contributed by atoms with Crippen LogP contribution >= 0.6 is 0 Å². The number of aromatic nitrogens is 1. The van der Waals surface area contributed by atoms with E-state index in [1.807, 2.05) is 13.0 Å². The molecule has 0 saturated heterocycles. The summed E-state index contributed by atoms with van der Waals surface area (Å²) in [6.45, 7) is 9.14. The monoisotopic (exact) mass is 288 g/mol. The second-order valence-corrected chi connectivity index (χ2v) is 5.52. The average Bonchev–Trinajstić information content (AvgIpc) is 2.88. The van der Waals surface area contributed by atoms with Crippen LogP contribution in [0.25, 0.3) is 10.9 Å². The Morgan fingerprint density at radius 1 is 1.38 bits per heavy atom. The van der Waals surface area contributed by atoms with Gasteiger partial charge in [0, 0.05) is 35.7 Å². The molecule has 1 N–H and O–H groups in total. The van der Waals surface area contributed by atoms with E-state index in [0.29, 0.717) is 0 Å². The molecule has 114 valence electrons. The summed E-state index contributed by atoms with van der Waals surface area (Å²) < 4.78 is 12.9. The first kappa shape index (κ1) is 15.8. The first-order chi connectivity index (χ1) is 10.2. The van der Waals surface area contributed by atoms with Crippen molar-refractivity contribution in [2.45, 2.75) is 32.7 Å². The van der Waals surface area contributed by atoms with Crippen molar-refractivity contribution in [3.8, 4) is 0 Å². The van der Waals surface area contributed by atoms with Crippen LogP contribution in [0.15, 0.2) is 36.9 Å². The zero-order valence-electron chi connectivity index (χ0n) is 13.0. The van der Waals surface area contributed by atoms with E-state index in [9.17, 15) is 4.39 Å². The molecular weight excluding hydrogens is 263 g/mol. The third-order valence-corrected chi connectivity index (χ3v) is 4.11. The first-order valence-electron chi connectivity index (χ1n) is 7.70. The van der Waals surface area contributed by atoms with E-state index in [-0.39, 0.29) is 12.7 Å². The third kappa shape index (κ3) is 3.53. The predicted molar refractivity (Wildman–Crippen MR) is 88.6 cm³/mol. The molecule has 0 spiro atoms. The summed E-state index contributed by atoms with van der Waals surface area (Å²) in [6.07, 6.45) is 3.78. The highest BCUT2D eigenvalue weighted by Crippen LogP contribution is 2.23. The highest BCUT2D eigenvalue weighted by atomic mass is 19.1. The smallest absolute Gasteiger partial charge is 0.105 e. The zero-order valence-corrected chi connectivity index (χ0v) is 13.0. The van der Waals surface area contributed by atoms with E-state index in [1.165, 1.54) is 22.2 Å². The van der Waals surface area contributed by atoms with Crippen molar-refractivity contribution in [1.82, 2.24) is 9.88 Å². The fourth-order valence-corrected chi connectivity index (χ4v) is 2.85. The molecule has 1 unspecified atom stereocenters. The molecule has 3 heteroatoms. The van der Waals surface area contributed by atoms with Gasteiger partial charge in [-0.25, -0.2) is 4.39 Å². The van der Waals surface area contributed by atoms with Crippen LogP contribution in [0, 0.1) is 0 Å². The van der Waals surface area contributed by atoms with Crippen molar-refractivity contribution in [3.63, 3.8) is 0 Å². The number of benzene rings is 1. The van der Waals surface area contributed by atoms with Crippen LogP contribution in [0.3, 0.4) is 0 Å². The molecule has 0 saturated carbocycles. The summed E-state index contributed by atoms with van der Waals surface area (Å²) in [5.41, 5.74) is 3.86. The predicted octanol–water partition coefficient (Wildman–Crippen LogP) is 4.12. The van der Waals surface area contributed by atoms with E-state index >= 15 is 0 Å². The van der Waals surface area contributed by atoms with E-state index in [4.69, 9.17) is 0 Å². The van der Waals surface area contributed by atoms with Crippen LogP contribution in [0.1, 0.15) is 25.1 Å². The molecule has 0 fully saturated rings. The number of halogens is 1. The molecule has 1 aromatic carbocycles. The van der Waals surface area contributed by atoms with Crippen molar-refractivity contribution in [2.24, 2.45) is 0 Å². The Morgan fingerprint density at radius 3 is 2.81 bits per heavy atom. The Labute approximate surface area is 126 Å². The molecule has 0 amide bonds. The molecule has 0 bridgehead atoms. The number of fused-ring (bicyclic) bond motifs is 1. The molecule has 2 nitrogen and oxygen atoms in total. The quantitative estimate of drug-likeness (QED) is 0.724. The highest BCUT2D eigenvalue weighted by Gasteiger charge is 2.15. The van der Waals surface area contributed by atoms with Gasteiger partial charge in [-0.1, -0.05) is 31.2 Å². The van der Waals surface area contributed by atoms with Gasteiger partial charge in [0.05, 0.1) is 0 Å². The van der Waals surface area contributed by atoms with Gasteiger partial charge < -0.3 is 4.98 Å². The van der Waals surface area contributed by atoms with Gasteiger partial charge in [0.25, 0.3) is 0 Å². The van der Waals surface area contributed by atoms with E-state index in [1.54, 1.807) is 0 Å². The lowest BCUT2D eigenvalue weighted by molar-refractivity contribution is 0.198. The number of para-hydroxylation sites is 1. The summed E-state index contributed by atoms with van der Waals surface area (Å²) in [5, 5.41) is 1.29. The Hall–Kier alpha value is -1.61. The number of aromatic amines is 1. The van der Waals surface area contributed by atoms with Crippen molar-refractivity contribution >= 4 is 10.9 Å². The number of rotatable bonds is 8. The lowest BCUT2D eigenvalue weighted by Crippen LogP contribution is -2.36. The Kier molecular flexibility index (Phi) is 5.57. The second kappa shape index (κ2) is 7.41. The molecule has 21 heavy (non-hydrogen) atoms. The number of nitrogens with zero attached hydrogens (tertiary/aromatic N) is 1. The minimum Gasteiger partial charge on any atom is -0.358 e. The lowest BCUT2D eigenvalue weighted by atomic mass is 10.1. The van der Waals surface area contributed by atoms with E-state index in [2.05, 4.69) is 47.7 Å². The summed E-state index contributed by atoms with van der Waals surface area (Å²) in [5.74, 6) is 0. The van der Waals surface area contributed by atoms with Crippen molar-refractivity contribution < 1.29 is 4.39 Å². The summed E-state index contributed by atoms with van der Waals surface area (Å²) in [4.78, 5) is 5.65. The Morgan fingerprint density at radius 2 is 2.14 bits per heavy atom. The number of aryl methyl sites for hydroxylation is 1.